The molecule has 2 aliphatic heterocycles. The van der Waals surface area contributed by atoms with Gasteiger partial charge in [0.15, 0.2) is 0 Å². The van der Waals surface area contributed by atoms with Crippen LogP contribution in [0.1, 0.15) is 17.7 Å². The van der Waals surface area contributed by atoms with Crippen LogP contribution < -0.4 is 0 Å². The van der Waals surface area contributed by atoms with Crippen molar-refractivity contribution >= 4 is 17.2 Å². The molecule has 1 atom stereocenters. The highest BCUT2D eigenvalue weighted by molar-refractivity contribution is 7.09. The summed E-state index contributed by atoms with van der Waals surface area (Å²) in [5, 5.41) is 0. The normalized spacial score (nSPS) is 24.8. The van der Waals surface area contributed by atoms with Crippen LogP contribution in [-0.4, -0.2) is 60.1 Å². The number of piperidine rings is 1. The molecule has 20 heavy (non-hydrogen) atoms. The second-order valence-electron chi connectivity index (χ2n) is 5.48. The van der Waals surface area contributed by atoms with E-state index in [1.54, 1.807) is 11.3 Å². The molecule has 0 aromatic carbocycles. The van der Waals surface area contributed by atoms with Gasteiger partial charge in [-0.3, -0.25) is 14.7 Å². The van der Waals surface area contributed by atoms with Gasteiger partial charge < -0.3 is 9.64 Å². The first-order valence-corrected chi connectivity index (χ1v) is 8.17. The van der Waals surface area contributed by atoms with Crippen molar-refractivity contribution in [1.29, 1.82) is 0 Å². The quantitative estimate of drug-likeness (QED) is 0.841. The van der Waals surface area contributed by atoms with Crippen LogP contribution in [0.15, 0.2) is 11.7 Å². The third-order valence-electron chi connectivity index (χ3n) is 4.04. The standard InChI is InChI=1S/C14H21N3O2S/c18-14(17-4-6-19-7-5-17)12-2-1-3-16(9-12)10-13-8-15-11-20-13/h8,11-12H,1-7,9-10H2. The lowest BCUT2D eigenvalue weighted by atomic mass is 9.96. The minimum absolute atomic E-state index is 0.162. The molecule has 0 saturated carbocycles. The van der Waals surface area contributed by atoms with Crippen LogP contribution in [0.25, 0.3) is 0 Å². The van der Waals surface area contributed by atoms with E-state index in [-0.39, 0.29) is 5.92 Å². The van der Waals surface area contributed by atoms with Crippen LogP contribution >= 0.6 is 11.3 Å². The van der Waals surface area contributed by atoms with E-state index in [1.807, 2.05) is 16.6 Å². The monoisotopic (exact) mass is 295 g/mol. The fraction of sp³-hybridized carbons (Fsp3) is 0.714. The van der Waals surface area contributed by atoms with E-state index in [0.717, 1.165) is 45.6 Å². The van der Waals surface area contributed by atoms with Crippen molar-refractivity contribution in [3.8, 4) is 0 Å². The number of rotatable bonds is 3. The largest absolute Gasteiger partial charge is 0.378 e. The Bertz CT molecular complexity index is 432. The average Bonchev–Trinajstić information content (AvgIpc) is 3.01. The van der Waals surface area contributed by atoms with Crippen molar-refractivity contribution in [3.63, 3.8) is 0 Å². The van der Waals surface area contributed by atoms with E-state index in [4.69, 9.17) is 4.74 Å². The number of carbonyl (C=O) groups is 1. The Hall–Kier alpha value is -0.980. The van der Waals surface area contributed by atoms with Gasteiger partial charge in [-0.1, -0.05) is 0 Å². The van der Waals surface area contributed by atoms with Crippen molar-refractivity contribution in [3.05, 3.63) is 16.6 Å². The second kappa shape index (κ2) is 6.65. The summed E-state index contributed by atoms with van der Waals surface area (Å²) in [7, 11) is 0. The molecule has 2 aliphatic rings. The first-order chi connectivity index (χ1) is 9.83. The topological polar surface area (TPSA) is 45.7 Å². The number of nitrogens with zero attached hydrogens (tertiary/aromatic N) is 3. The Balaban J connectivity index is 1.55. The molecule has 5 nitrogen and oxygen atoms in total. The summed E-state index contributed by atoms with van der Waals surface area (Å²) in [6.07, 6.45) is 4.06. The van der Waals surface area contributed by atoms with Crippen molar-refractivity contribution in [2.75, 3.05) is 39.4 Å². The van der Waals surface area contributed by atoms with E-state index in [2.05, 4.69) is 9.88 Å². The highest BCUT2D eigenvalue weighted by Crippen LogP contribution is 2.22. The minimum atomic E-state index is 0.162. The van der Waals surface area contributed by atoms with E-state index < -0.39 is 0 Å². The molecule has 1 unspecified atom stereocenters. The smallest absolute Gasteiger partial charge is 0.227 e. The number of hydrogen-bond acceptors (Lipinski definition) is 5. The van der Waals surface area contributed by atoms with Gasteiger partial charge in [0.25, 0.3) is 0 Å². The van der Waals surface area contributed by atoms with Gasteiger partial charge in [-0.15, -0.1) is 11.3 Å². The Labute approximate surface area is 123 Å². The fourth-order valence-electron chi connectivity index (χ4n) is 2.98. The van der Waals surface area contributed by atoms with Gasteiger partial charge in [-0.2, -0.15) is 0 Å². The maximum atomic E-state index is 12.5. The number of likely N-dealkylation sites (tertiary alicyclic amines) is 1. The molecule has 0 spiro atoms. The molecule has 3 rings (SSSR count). The van der Waals surface area contributed by atoms with E-state index in [9.17, 15) is 4.79 Å². The first-order valence-electron chi connectivity index (χ1n) is 7.29. The predicted octanol–water partition coefficient (Wildman–Crippen LogP) is 1.21. The lowest BCUT2D eigenvalue weighted by molar-refractivity contribution is -0.141. The number of aromatic nitrogens is 1. The van der Waals surface area contributed by atoms with Gasteiger partial charge in [-0.25, -0.2) is 0 Å². The number of ether oxygens (including phenoxy) is 1. The molecule has 0 radical (unpaired) electrons. The van der Waals surface area contributed by atoms with Crippen LogP contribution in [0, 0.1) is 5.92 Å². The third-order valence-corrected chi connectivity index (χ3v) is 4.80. The summed E-state index contributed by atoms with van der Waals surface area (Å²) in [6.45, 7) is 5.77. The molecule has 2 fully saturated rings. The molecule has 0 N–H and O–H groups in total. The van der Waals surface area contributed by atoms with E-state index in [0.29, 0.717) is 19.1 Å². The number of amides is 1. The van der Waals surface area contributed by atoms with Gasteiger partial charge >= 0.3 is 0 Å². The summed E-state index contributed by atoms with van der Waals surface area (Å²) in [4.78, 5) is 22.3. The Morgan fingerprint density at radius 2 is 2.25 bits per heavy atom. The summed E-state index contributed by atoms with van der Waals surface area (Å²) in [5.41, 5.74) is 1.87. The molecular weight excluding hydrogens is 274 g/mol. The van der Waals surface area contributed by atoms with Crippen LogP contribution in [0.2, 0.25) is 0 Å². The highest BCUT2D eigenvalue weighted by Gasteiger charge is 2.30. The predicted molar refractivity (Wildman–Crippen MR) is 77.5 cm³/mol. The van der Waals surface area contributed by atoms with Gasteiger partial charge in [0, 0.05) is 37.3 Å². The summed E-state index contributed by atoms with van der Waals surface area (Å²) >= 11 is 1.69. The third kappa shape index (κ3) is 3.37. The molecule has 3 heterocycles. The zero-order valence-electron chi connectivity index (χ0n) is 11.7. The van der Waals surface area contributed by atoms with Crippen molar-refractivity contribution in [1.82, 2.24) is 14.8 Å². The Morgan fingerprint density at radius 1 is 1.40 bits per heavy atom. The summed E-state index contributed by atoms with van der Waals surface area (Å²) in [5.74, 6) is 0.483. The Morgan fingerprint density at radius 3 is 3.00 bits per heavy atom. The first kappa shape index (κ1) is 14.0. The van der Waals surface area contributed by atoms with Crippen LogP contribution in [0.4, 0.5) is 0 Å². The van der Waals surface area contributed by atoms with Gasteiger partial charge in [-0.05, 0) is 19.4 Å². The van der Waals surface area contributed by atoms with Crippen molar-refractivity contribution in [2.24, 2.45) is 5.92 Å². The van der Waals surface area contributed by atoms with Gasteiger partial charge in [0.05, 0.1) is 24.6 Å². The molecule has 6 heteroatoms. The zero-order chi connectivity index (χ0) is 13.8. The van der Waals surface area contributed by atoms with Crippen molar-refractivity contribution < 1.29 is 9.53 Å². The maximum absolute atomic E-state index is 12.5. The Kier molecular flexibility index (Phi) is 4.65. The summed E-state index contributed by atoms with van der Waals surface area (Å²) in [6, 6.07) is 0. The molecule has 0 bridgehead atoms. The SMILES string of the molecule is O=C(C1CCCN(Cc2cncs2)C1)N1CCOCC1. The zero-order valence-corrected chi connectivity index (χ0v) is 12.5. The number of morpholine rings is 1. The van der Waals surface area contributed by atoms with Crippen LogP contribution in [-0.2, 0) is 16.1 Å². The van der Waals surface area contributed by atoms with Gasteiger partial charge in [0.2, 0.25) is 5.91 Å². The molecule has 0 aliphatic carbocycles. The summed E-state index contributed by atoms with van der Waals surface area (Å²) < 4.78 is 5.32. The van der Waals surface area contributed by atoms with Crippen LogP contribution in [0.3, 0.4) is 0 Å². The highest BCUT2D eigenvalue weighted by atomic mass is 32.1. The molecule has 1 amide bonds. The second-order valence-corrected chi connectivity index (χ2v) is 6.45. The lowest BCUT2D eigenvalue weighted by Gasteiger charge is -2.36. The van der Waals surface area contributed by atoms with E-state index in [1.165, 1.54) is 4.88 Å². The van der Waals surface area contributed by atoms with E-state index >= 15 is 0 Å². The van der Waals surface area contributed by atoms with Crippen LogP contribution in [0.5, 0.6) is 0 Å². The minimum Gasteiger partial charge on any atom is -0.378 e. The maximum Gasteiger partial charge on any atom is 0.227 e. The molecule has 110 valence electrons. The number of hydrogen-bond donors (Lipinski definition) is 0. The number of carbonyl (C=O) groups excluding carboxylic acids is 1. The lowest BCUT2D eigenvalue weighted by Crippen LogP contribution is -2.48. The fourth-order valence-corrected chi connectivity index (χ4v) is 3.62. The van der Waals surface area contributed by atoms with Crippen molar-refractivity contribution in [2.45, 2.75) is 19.4 Å². The molecule has 2 saturated heterocycles. The molecule has 1 aromatic heterocycles. The number of thiazole rings is 1. The molecular formula is C14H21N3O2S. The molecule has 1 aromatic rings. The average molecular weight is 295 g/mol. The van der Waals surface area contributed by atoms with Gasteiger partial charge in [0.1, 0.15) is 0 Å².